The van der Waals surface area contributed by atoms with Crippen molar-refractivity contribution in [2.24, 2.45) is 0 Å². The number of thiazole rings is 1. The van der Waals surface area contributed by atoms with Gasteiger partial charge < -0.3 is 10.0 Å². The first-order valence-electron chi connectivity index (χ1n) is 5.20. The van der Waals surface area contributed by atoms with Gasteiger partial charge in [0.25, 0.3) is 0 Å². The van der Waals surface area contributed by atoms with Gasteiger partial charge in [-0.25, -0.2) is 4.98 Å². The molecule has 3 nitrogen and oxygen atoms in total. The van der Waals surface area contributed by atoms with E-state index < -0.39 is 5.60 Å². The van der Waals surface area contributed by atoms with E-state index in [4.69, 9.17) is 0 Å². The Kier molecular flexibility index (Phi) is 3.64. The lowest BCUT2D eigenvalue weighted by Crippen LogP contribution is -2.42. The van der Waals surface area contributed by atoms with Crippen molar-refractivity contribution in [3.8, 4) is 0 Å². The summed E-state index contributed by atoms with van der Waals surface area (Å²) in [6.07, 6.45) is 3.46. The lowest BCUT2D eigenvalue weighted by Gasteiger charge is -2.36. The zero-order chi connectivity index (χ0) is 10.9. The van der Waals surface area contributed by atoms with Crippen molar-refractivity contribution in [3.05, 3.63) is 14.1 Å². The fourth-order valence-corrected chi connectivity index (χ4v) is 3.48. The third kappa shape index (κ3) is 2.51. The van der Waals surface area contributed by atoms with Gasteiger partial charge in [-0.15, -0.1) is 11.3 Å². The molecule has 0 saturated carbocycles. The minimum atomic E-state index is -0.667. The molecule has 15 heavy (non-hydrogen) atoms. The standard InChI is InChI=1S/C10H15IN2OS/c1-2-13-5-3-10(14,4-6-13)9-12-7-8(11)15-9/h7,14H,2-6H2,1H3. The predicted octanol–water partition coefficient (Wildman–Crippen LogP) is 2.05. The van der Waals surface area contributed by atoms with Crippen molar-refractivity contribution in [1.29, 1.82) is 0 Å². The molecular formula is C10H15IN2OS. The van der Waals surface area contributed by atoms with Gasteiger partial charge in [0, 0.05) is 13.1 Å². The highest BCUT2D eigenvalue weighted by atomic mass is 127. The van der Waals surface area contributed by atoms with Crippen LogP contribution in [0.1, 0.15) is 24.8 Å². The molecule has 1 aliphatic heterocycles. The zero-order valence-electron chi connectivity index (χ0n) is 8.74. The summed E-state index contributed by atoms with van der Waals surface area (Å²) in [6.45, 7) is 5.19. The van der Waals surface area contributed by atoms with Gasteiger partial charge in [0.15, 0.2) is 0 Å². The average Bonchev–Trinajstić information content (AvgIpc) is 2.67. The van der Waals surface area contributed by atoms with Crippen molar-refractivity contribution >= 4 is 33.9 Å². The molecule has 0 bridgehead atoms. The molecule has 0 unspecified atom stereocenters. The van der Waals surface area contributed by atoms with E-state index in [9.17, 15) is 5.11 Å². The van der Waals surface area contributed by atoms with Crippen LogP contribution in [0.5, 0.6) is 0 Å². The van der Waals surface area contributed by atoms with E-state index >= 15 is 0 Å². The molecular weight excluding hydrogens is 323 g/mol. The van der Waals surface area contributed by atoms with E-state index in [-0.39, 0.29) is 0 Å². The fraction of sp³-hybridized carbons (Fsp3) is 0.700. The maximum Gasteiger partial charge on any atom is 0.125 e. The molecule has 2 rings (SSSR count). The van der Waals surface area contributed by atoms with Gasteiger partial charge in [-0.1, -0.05) is 6.92 Å². The summed E-state index contributed by atoms with van der Waals surface area (Å²) < 4.78 is 1.15. The van der Waals surface area contributed by atoms with E-state index in [0.29, 0.717) is 0 Å². The number of halogens is 1. The quantitative estimate of drug-likeness (QED) is 0.839. The molecule has 0 spiro atoms. The maximum atomic E-state index is 10.5. The maximum absolute atomic E-state index is 10.5. The molecule has 1 fully saturated rings. The number of hydrogen-bond donors (Lipinski definition) is 1. The Morgan fingerprint density at radius 1 is 1.60 bits per heavy atom. The number of aliphatic hydroxyl groups is 1. The first-order chi connectivity index (χ1) is 7.14. The molecule has 2 heterocycles. The topological polar surface area (TPSA) is 36.4 Å². The molecule has 1 saturated heterocycles. The third-order valence-corrected chi connectivity index (χ3v) is 4.92. The molecule has 0 aliphatic carbocycles. The van der Waals surface area contributed by atoms with E-state index in [2.05, 4.69) is 39.4 Å². The van der Waals surface area contributed by atoms with Gasteiger partial charge in [-0.05, 0) is 42.0 Å². The minimum absolute atomic E-state index is 0.667. The van der Waals surface area contributed by atoms with Crippen molar-refractivity contribution in [1.82, 2.24) is 9.88 Å². The molecule has 5 heteroatoms. The Labute approximate surface area is 108 Å². The predicted molar refractivity (Wildman–Crippen MR) is 70.1 cm³/mol. The van der Waals surface area contributed by atoms with E-state index in [1.165, 1.54) is 0 Å². The fourth-order valence-electron chi connectivity index (χ4n) is 1.92. The highest BCUT2D eigenvalue weighted by Crippen LogP contribution is 2.35. The van der Waals surface area contributed by atoms with Crippen molar-refractivity contribution in [2.75, 3.05) is 19.6 Å². The zero-order valence-corrected chi connectivity index (χ0v) is 11.7. The Hall–Kier alpha value is 0.280. The minimum Gasteiger partial charge on any atom is -0.383 e. The molecule has 0 atom stereocenters. The van der Waals surface area contributed by atoms with Crippen LogP contribution in [0.15, 0.2) is 6.20 Å². The Morgan fingerprint density at radius 3 is 2.73 bits per heavy atom. The molecule has 84 valence electrons. The number of aromatic nitrogens is 1. The Bertz CT molecular complexity index is 334. The smallest absolute Gasteiger partial charge is 0.125 e. The Balaban J connectivity index is 2.09. The van der Waals surface area contributed by atoms with Crippen molar-refractivity contribution in [2.45, 2.75) is 25.4 Å². The van der Waals surface area contributed by atoms with Gasteiger partial charge in [0.05, 0.1) is 9.08 Å². The molecule has 1 aromatic rings. The number of hydrogen-bond acceptors (Lipinski definition) is 4. The van der Waals surface area contributed by atoms with Crippen LogP contribution in [0.25, 0.3) is 0 Å². The van der Waals surface area contributed by atoms with Crippen LogP contribution in [0.4, 0.5) is 0 Å². The van der Waals surface area contributed by atoms with E-state index in [1.807, 2.05) is 6.20 Å². The largest absolute Gasteiger partial charge is 0.383 e. The molecule has 0 amide bonds. The van der Waals surface area contributed by atoms with Crippen LogP contribution < -0.4 is 0 Å². The second-order valence-electron chi connectivity index (χ2n) is 3.94. The summed E-state index contributed by atoms with van der Waals surface area (Å²) in [6, 6.07) is 0. The number of nitrogens with zero attached hydrogens (tertiary/aromatic N) is 2. The van der Waals surface area contributed by atoms with Gasteiger partial charge in [0.2, 0.25) is 0 Å². The van der Waals surface area contributed by atoms with Gasteiger partial charge in [-0.2, -0.15) is 0 Å². The normalized spacial score (nSPS) is 21.8. The summed E-state index contributed by atoms with van der Waals surface area (Å²) >= 11 is 3.86. The summed E-state index contributed by atoms with van der Waals surface area (Å²) in [5, 5.41) is 11.4. The summed E-state index contributed by atoms with van der Waals surface area (Å²) in [5.74, 6) is 0. The number of piperidine rings is 1. The second kappa shape index (κ2) is 4.65. The summed E-state index contributed by atoms with van der Waals surface area (Å²) in [5.41, 5.74) is -0.667. The lowest BCUT2D eigenvalue weighted by atomic mass is 9.92. The average molecular weight is 338 g/mol. The molecule has 1 N–H and O–H groups in total. The van der Waals surface area contributed by atoms with Crippen LogP contribution in [0.3, 0.4) is 0 Å². The van der Waals surface area contributed by atoms with E-state index in [0.717, 1.165) is 40.4 Å². The highest BCUT2D eigenvalue weighted by Gasteiger charge is 2.36. The molecule has 1 aromatic heterocycles. The van der Waals surface area contributed by atoms with Crippen LogP contribution >= 0.6 is 33.9 Å². The van der Waals surface area contributed by atoms with Crippen molar-refractivity contribution in [3.63, 3.8) is 0 Å². The first-order valence-corrected chi connectivity index (χ1v) is 7.10. The lowest BCUT2D eigenvalue weighted by molar-refractivity contribution is -0.0248. The van der Waals surface area contributed by atoms with E-state index in [1.54, 1.807) is 11.3 Å². The van der Waals surface area contributed by atoms with Crippen LogP contribution in [-0.2, 0) is 5.60 Å². The molecule has 0 radical (unpaired) electrons. The number of rotatable bonds is 2. The van der Waals surface area contributed by atoms with Gasteiger partial charge in [-0.3, -0.25) is 0 Å². The monoisotopic (exact) mass is 338 g/mol. The number of likely N-dealkylation sites (tertiary alicyclic amines) is 1. The van der Waals surface area contributed by atoms with Crippen LogP contribution in [0, 0.1) is 2.88 Å². The van der Waals surface area contributed by atoms with Gasteiger partial charge >= 0.3 is 0 Å². The second-order valence-corrected chi connectivity index (χ2v) is 6.86. The highest BCUT2D eigenvalue weighted by molar-refractivity contribution is 14.1. The van der Waals surface area contributed by atoms with Crippen LogP contribution in [0.2, 0.25) is 0 Å². The van der Waals surface area contributed by atoms with Crippen LogP contribution in [-0.4, -0.2) is 34.6 Å². The SMILES string of the molecule is CCN1CCC(O)(c2ncc(I)s2)CC1. The summed E-state index contributed by atoms with van der Waals surface area (Å²) in [7, 11) is 0. The molecule has 0 aromatic carbocycles. The third-order valence-electron chi connectivity index (χ3n) is 3.01. The molecule has 1 aliphatic rings. The first kappa shape index (κ1) is 11.8. The Morgan fingerprint density at radius 2 is 2.27 bits per heavy atom. The van der Waals surface area contributed by atoms with Gasteiger partial charge in [0.1, 0.15) is 10.6 Å². The summed E-state index contributed by atoms with van der Waals surface area (Å²) in [4.78, 5) is 6.67. The van der Waals surface area contributed by atoms with Crippen molar-refractivity contribution < 1.29 is 5.11 Å².